The van der Waals surface area contributed by atoms with E-state index in [0.717, 1.165) is 24.2 Å². The predicted octanol–water partition coefficient (Wildman–Crippen LogP) is 2.30. The van der Waals surface area contributed by atoms with Crippen molar-refractivity contribution in [2.24, 2.45) is 5.92 Å². The van der Waals surface area contributed by atoms with Gasteiger partial charge in [0.15, 0.2) is 5.69 Å². The fraction of sp³-hybridized carbons (Fsp3) is 0.350. The molecule has 3 aromatic rings. The van der Waals surface area contributed by atoms with Gasteiger partial charge in [-0.25, -0.2) is 0 Å². The number of carbonyl (C=O) groups is 1. The second-order valence-corrected chi connectivity index (χ2v) is 6.91. The van der Waals surface area contributed by atoms with Gasteiger partial charge in [0.05, 0.1) is 24.2 Å². The van der Waals surface area contributed by atoms with Crippen LogP contribution in [-0.4, -0.2) is 55.7 Å². The Morgan fingerprint density at radius 3 is 2.61 bits per heavy atom. The van der Waals surface area contributed by atoms with Gasteiger partial charge < -0.3 is 9.64 Å². The Hall–Kier alpha value is -3.29. The molecule has 0 atom stereocenters. The van der Waals surface area contributed by atoms with Crippen LogP contribution < -0.4 is 4.74 Å². The minimum atomic E-state index is -0.0778. The van der Waals surface area contributed by atoms with Crippen molar-refractivity contribution in [1.29, 1.82) is 0 Å². The molecule has 0 spiro atoms. The molecule has 4 rings (SSSR count). The Morgan fingerprint density at radius 2 is 1.89 bits per heavy atom. The van der Waals surface area contributed by atoms with Crippen molar-refractivity contribution in [3.63, 3.8) is 0 Å². The number of amides is 1. The molecule has 1 aliphatic heterocycles. The lowest BCUT2D eigenvalue weighted by Gasteiger charge is -2.31. The second kappa shape index (κ2) is 8.16. The van der Waals surface area contributed by atoms with Crippen LogP contribution in [0.1, 0.15) is 29.0 Å². The molecule has 0 bridgehead atoms. The summed E-state index contributed by atoms with van der Waals surface area (Å²) in [6.45, 7) is 3.85. The molecule has 8 nitrogen and oxygen atoms in total. The van der Waals surface area contributed by atoms with E-state index in [1.807, 2.05) is 54.3 Å². The number of aromatic nitrogens is 5. The van der Waals surface area contributed by atoms with Crippen LogP contribution in [-0.2, 0) is 0 Å². The molecule has 1 amide bonds. The van der Waals surface area contributed by atoms with Gasteiger partial charge in [0.1, 0.15) is 0 Å². The van der Waals surface area contributed by atoms with E-state index < -0.39 is 0 Å². The van der Waals surface area contributed by atoms with Crippen molar-refractivity contribution in [2.75, 3.05) is 19.7 Å². The van der Waals surface area contributed by atoms with Gasteiger partial charge >= 0.3 is 0 Å². The van der Waals surface area contributed by atoms with Crippen molar-refractivity contribution in [3.05, 3.63) is 60.0 Å². The maximum atomic E-state index is 12.7. The Labute approximate surface area is 163 Å². The topological polar surface area (TPSA) is 86.0 Å². The monoisotopic (exact) mass is 378 g/mol. The normalized spacial score (nSPS) is 14.8. The fourth-order valence-corrected chi connectivity index (χ4v) is 3.18. The number of nitrogens with zero attached hydrogens (tertiary/aromatic N) is 6. The van der Waals surface area contributed by atoms with Crippen LogP contribution in [0.5, 0.6) is 5.88 Å². The summed E-state index contributed by atoms with van der Waals surface area (Å²) in [6, 6.07) is 13.3. The van der Waals surface area contributed by atoms with E-state index in [-0.39, 0.29) is 5.91 Å². The van der Waals surface area contributed by atoms with Gasteiger partial charge in [0.25, 0.3) is 5.91 Å². The summed E-state index contributed by atoms with van der Waals surface area (Å²) in [4.78, 5) is 16.0. The zero-order chi connectivity index (χ0) is 19.3. The highest BCUT2D eigenvalue weighted by Crippen LogP contribution is 2.20. The molecule has 0 N–H and O–H groups in total. The van der Waals surface area contributed by atoms with E-state index in [1.54, 1.807) is 0 Å². The molecule has 1 fully saturated rings. The molecular formula is C20H22N6O2. The van der Waals surface area contributed by atoms with Crippen LogP contribution >= 0.6 is 0 Å². The van der Waals surface area contributed by atoms with Crippen molar-refractivity contribution in [2.45, 2.75) is 19.8 Å². The first-order valence-electron chi connectivity index (χ1n) is 9.39. The third-order valence-electron chi connectivity index (χ3n) is 4.84. The van der Waals surface area contributed by atoms with Gasteiger partial charge in [-0.2, -0.15) is 15.0 Å². The Kier molecular flexibility index (Phi) is 5.27. The van der Waals surface area contributed by atoms with Gasteiger partial charge in [-0.15, -0.1) is 10.2 Å². The third kappa shape index (κ3) is 4.16. The van der Waals surface area contributed by atoms with Crippen molar-refractivity contribution in [3.8, 4) is 11.6 Å². The summed E-state index contributed by atoms with van der Waals surface area (Å²) >= 11 is 0. The number of likely N-dealkylation sites (tertiary alicyclic amines) is 1. The molecule has 0 aliphatic carbocycles. The standard InChI is InChI=1S/C20H22N6O2/c1-15-7-8-19(23-22-15)28-14-16-9-11-25(12-10-16)20(27)18-13-21-26(24-18)17-5-3-2-4-6-17/h2-8,13,16H,9-12,14H2,1H3. The van der Waals surface area contributed by atoms with E-state index in [4.69, 9.17) is 4.74 Å². The molecule has 28 heavy (non-hydrogen) atoms. The summed E-state index contributed by atoms with van der Waals surface area (Å²) in [5, 5.41) is 16.6. The summed E-state index contributed by atoms with van der Waals surface area (Å²) in [6.07, 6.45) is 3.30. The van der Waals surface area contributed by atoms with Crippen LogP contribution in [0, 0.1) is 12.8 Å². The van der Waals surface area contributed by atoms with Gasteiger partial charge in [-0.3, -0.25) is 4.79 Å². The lowest BCUT2D eigenvalue weighted by atomic mass is 9.97. The fourth-order valence-electron chi connectivity index (χ4n) is 3.18. The van der Waals surface area contributed by atoms with Crippen LogP contribution in [0.2, 0.25) is 0 Å². The van der Waals surface area contributed by atoms with Gasteiger partial charge in [0, 0.05) is 19.2 Å². The molecule has 0 saturated carbocycles. The average Bonchev–Trinajstić information content (AvgIpc) is 3.24. The highest BCUT2D eigenvalue weighted by atomic mass is 16.5. The first kappa shape index (κ1) is 18.1. The van der Waals surface area contributed by atoms with Crippen molar-refractivity contribution < 1.29 is 9.53 Å². The number of hydrogen-bond acceptors (Lipinski definition) is 6. The number of hydrogen-bond donors (Lipinski definition) is 0. The molecule has 0 unspecified atom stereocenters. The number of aryl methyl sites for hydroxylation is 1. The van der Waals surface area contributed by atoms with Crippen LogP contribution in [0.3, 0.4) is 0 Å². The van der Waals surface area contributed by atoms with E-state index in [9.17, 15) is 4.79 Å². The van der Waals surface area contributed by atoms with E-state index in [0.29, 0.717) is 37.2 Å². The molecule has 3 heterocycles. The summed E-state index contributed by atoms with van der Waals surface area (Å²) < 4.78 is 5.73. The smallest absolute Gasteiger partial charge is 0.276 e. The van der Waals surface area contributed by atoms with E-state index >= 15 is 0 Å². The molecule has 144 valence electrons. The van der Waals surface area contributed by atoms with Crippen LogP contribution in [0.4, 0.5) is 0 Å². The highest BCUT2D eigenvalue weighted by molar-refractivity contribution is 5.92. The molecule has 1 aliphatic rings. The van der Waals surface area contributed by atoms with E-state index in [2.05, 4.69) is 20.4 Å². The van der Waals surface area contributed by atoms with Gasteiger partial charge in [-0.1, -0.05) is 18.2 Å². The zero-order valence-corrected chi connectivity index (χ0v) is 15.7. The number of benzene rings is 1. The summed E-state index contributed by atoms with van der Waals surface area (Å²) in [7, 11) is 0. The number of rotatable bonds is 5. The molecule has 2 aromatic heterocycles. The molecule has 1 aromatic carbocycles. The number of ether oxygens (including phenoxy) is 1. The maximum Gasteiger partial charge on any atom is 0.276 e. The van der Waals surface area contributed by atoms with Gasteiger partial charge in [0.2, 0.25) is 5.88 Å². The Bertz CT molecular complexity index is 917. The number of carbonyl (C=O) groups excluding carboxylic acids is 1. The first-order valence-corrected chi connectivity index (χ1v) is 9.39. The summed E-state index contributed by atoms with van der Waals surface area (Å²) in [5.74, 6) is 0.861. The lowest BCUT2D eigenvalue weighted by molar-refractivity contribution is 0.0652. The third-order valence-corrected chi connectivity index (χ3v) is 4.84. The average molecular weight is 378 g/mol. The first-order chi connectivity index (χ1) is 13.7. The summed E-state index contributed by atoms with van der Waals surface area (Å²) in [5.41, 5.74) is 2.06. The SMILES string of the molecule is Cc1ccc(OCC2CCN(C(=O)c3cnn(-c4ccccc4)n3)CC2)nn1. The van der Waals surface area contributed by atoms with E-state index in [1.165, 1.54) is 11.0 Å². The minimum absolute atomic E-state index is 0.0778. The maximum absolute atomic E-state index is 12.7. The molecular weight excluding hydrogens is 356 g/mol. The Morgan fingerprint density at radius 1 is 1.11 bits per heavy atom. The van der Waals surface area contributed by atoms with Crippen molar-refractivity contribution >= 4 is 5.91 Å². The number of para-hydroxylation sites is 1. The predicted molar refractivity (Wildman–Crippen MR) is 102 cm³/mol. The van der Waals surface area contributed by atoms with Crippen molar-refractivity contribution in [1.82, 2.24) is 30.1 Å². The Balaban J connectivity index is 1.29. The largest absolute Gasteiger partial charge is 0.476 e. The minimum Gasteiger partial charge on any atom is -0.476 e. The quantitative estimate of drug-likeness (QED) is 0.677. The second-order valence-electron chi connectivity index (χ2n) is 6.91. The highest BCUT2D eigenvalue weighted by Gasteiger charge is 2.26. The number of piperidine rings is 1. The van der Waals surface area contributed by atoms with Crippen LogP contribution in [0.25, 0.3) is 5.69 Å². The lowest BCUT2D eigenvalue weighted by Crippen LogP contribution is -2.40. The van der Waals surface area contributed by atoms with Gasteiger partial charge in [-0.05, 0) is 43.9 Å². The zero-order valence-electron chi connectivity index (χ0n) is 15.7. The van der Waals surface area contributed by atoms with Crippen LogP contribution in [0.15, 0.2) is 48.7 Å². The molecule has 0 radical (unpaired) electrons. The molecule has 1 saturated heterocycles. The molecule has 8 heteroatoms.